The van der Waals surface area contributed by atoms with Crippen LogP contribution in [-0.4, -0.2) is 16.6 Å². The Bertz CT molecular complexity index is 936. The van der Waals surface area contributed by atoms with Gasteiger partial charge in [0.15, 0.2) is 4.83 Å². The third-order valence-corrected chi connectivity index (χ3v) is 4.55. The van der Waals surface area contributed by atoms with Crippen LogP contribution in [0.5, 0.6) is 5.75 Å². The Labute approximate surface area is 160 Å². The largest absolute Gasteiger partial charge is 0.460 e. The molecule has 2 aromatic carbocycles. The van der Waals surface area contributed by atoms with Crippen molar-refractivity contribution in [1.29, 1.82) is 5.26 Å². The highest BCUT2D eigenvalue weighted by molar-refractivity contribution is 9.10. The molecule has 1 aliphatic heterocycles. The molecule has 1 amide bonds. The minimum atomic E-state index is -0.594. The van der Waals surface area contributed by atoms with Crippen LogP contribution >= 0.6 is 15.9 Å². The molecule has 0 saturated heterocycles. The molecular weight excluding hydrogens is 394 g/mol. The summed E-state index contributed by atoms with van der Waals surface area (Å²) >= 11 is 3.35. The van der Waals surface area contributed by atoms with Crippen LogP contribution in [0.15, 0.2) is 59.3 Å². The molecule has 0 fully saturated rings. The molecule has 0 saturated carbocycles. The number of nitrogens with one attached hydrogen (secondary N) is 1. The predicted molar refractivity (Wildman–Crippen MR) is 104 cm³/mol. The van der Waals surface area contributed by atoms with Crippen molar-refractivity contribution < 1.29 is 9.53 Å². The molecule has 1 unspecified atom stereocenters. The van der Waals surface area contributed by atoms with Gasteiger partial charge in [0.05, 0.1) is 17.3 Å². The molecule has 1 aliphatic rings. The number of hydrogen-bond acceptors (Lipinski definition) is 4. The molecule has 6 heteroatoms. The first-order valence-electron chi connectivity index (χ1n) is 7.96. The molecule has 2 aromatic rings. The van der Waals surface area contributed by atoms with E-state index in [1.54, 1.807) is 30.3 Å². The molecule has 0 bridgehead atoms. The number of halogens is 1. The number of carbonyl (C=O) groups is 1. The lowest BCUT2D eigenvalue weighted by molar-refractivity contribution is -0.118. The van der Waals surface area contributed by atoms with Crippen molar-refractivity contribution in [1.82, 2.24) is 5.32 Å². The van der Waals surface area contributed by atoms with Crippen LogP contribution in [-0.2, 0) is 4.79 Å². The SMILES string of the molecule is Cc1cc(C)cc(OC2=CC(=Nc3ccc(C#N)cc3)NC(=O)C2Br)c1. The fourth-order valence-electron chi connectivity index (χ4n) is 2.58. The van der Waals surface area contributed by atoms with Gasteiger partial charge in [-0.15, -0.1) is 0 Å². The van der Waals surface area contributed by atoms with E-state index in [1.807, 2.05) is 26.0 Å². The highest BCUT2D eigenvalue weighted by Gasteiger charge is 2.28. The predicted octanol–water partition coefficient (Wildman–Crippen LogP) is 4.06. The summed E-state index contributed by atoms with van der Waals surface area (Å²) in [7, 11) is 0. The van der Waals surface area contributed by atoms with Gasteiger partial charge in [-0.2, -0.15) is 5.26 Å². The molecule has 1 heterocycles. The molecule has 0 radical (unpaired) electrons. The minimum Gasteiger partial charge on any atom is -0.460 e. The smallest absolute Gasteiger partial charge is 0.247 e. The van der Waals surface area contributed by atoms with Crippen molar-refractivity contribution in [3.63, 3.8) is 0 Å². The van der Waals surface area contributed by atoms with Crippen LogP contribution in [0.2, 0.25) is 0 Å². The quantitative estimate of drug-likeness (QED) is 0.776. The summed E-state index contributed by atoms with van der Waals surface area (Å²) in [5, 5.41) is 11.6. The lowest BCUT2D eigenvalue weighted by atomic mass is 10.1. The van der Waals surface area contributed by atoms with E-state index >= 15 is 0 Å². The van der Waals surface area contributed by atoms with E-state index in [-0.39, 0.29) is 5.91 Å². The van der Waals surface area contributed by atoms with Gasteiger partial charge in [-0.05, 0) is 61.4 Å². The number of aryl methyl sites for hydroxylation is 2. The summed E-state index contributed by atoms with van der Waals surface area (Å²) in [6.45, 7) is 3.98. The number of nitriles is 1. The number of amidine groups is 1. The zero-order valence-electron chi connectivity index (χ0n) is 14.3. The number of aliphatic imine (C=N–C) groups is 1. The topological polar surface area (TPSA) is 74.5 Å². The highest BCUT2D eigenvalue weighted by atomic mass is 79.9. The van der Waals surface area contributed by atoms with Crippen LogP contribution in [0.1, 0.15) is 16.7 Å². The Morgan fingerprint density at radius 1 is 1.15 bits per heavy atom. The van der Waals surface area contributed by atoms with Gasteiger partial charge in [-0.25, -0.2) is 4.99 Å². The van der Waals surface area contributed by atoms with Crippen molar-refractivity contribution in [3.8, 4) is 11.8 Å². The summed E-state index contributed by atoms with van der Waals surface area (Å²) < 4.78 is 5.93. The van der Waals surface area contributed by atoms with Crippen molar-refractivity contribution in [2.45, 2.75) is 18.7 Å². The Kier molecular flexibility index (Phi) is 5.19. The first-order chi connectivity index (χ1) is 12.4. The van der Waals surface area contributed by atoms with E-state index in [0.717, 1.165) is 11.1 Å². The Balaban J connectivity index is 1.90. The lowest BCUT2D eigenvalue weighted by Crippen LogP contribution is -2.41. The van der Waals surface area contributed by atoms with E-state index in [1.165, 1.54) is 0 Å². The maximum absolute atomic E-state index is 12.2. The second-order valence-electron chi connectivity index (χ2n) is 5.98. The van der Waals surface area contributed by atoms with Gasteiger partial charge in [0, 0.05) is 6.08 Å². The van der Waals surface area contributed by atoms with Crippen LogP contribution in [0.25, 0.3) is 0 Å². The van der Waals surface area contributed by atoms with Crippen molar-refractivity contribution in [2.24, 2.45) is 4.99 Å². The summed E-state index contributed by atoms with van der Waals surface area (Å²) in [5.41, 5.74) is 3.35. The number of hydrogen-bond donors (Lipinski definition) is 1. The second kappa shape index (κ2) is 7.54. The van der Waals surface area contributed by atoms with Crippen LogP contribution in [0, 0.1) is 25.2 Å². The summed E-state index contributed by atoms with van der Waals surface area (Å²) in [4.78, 5) is 16.0. The van der Waals surface area contributed by atoms with E-state index in [0.29, 0.717) is 28.6 Å². The number of alkyl halides is 1. The van der Waals surface area contributed by atoms with Crippen molar-refractivity contribution in [2.75, 3.05) is 0 Å². The molecule has 0 spiro atoms. The number of carbonyl (C=O) groups excluding carboxylic acids is 1. The maximum atomic E-state index is 12.2. The summed E-state index contributed by atoms with van der Waals surface area (Å²) in [5.74, 6) is 1.27. The summed E-state index contributed by atoms with van der Waals surface area (Å²) in [6, 6.07) is 14.7. The van der Waals surface area contributed by atoms with Crippen molar-refractivity contribution in [3.05, 3.63) is 71.0 Å². The first kappa shape index (κ1) is 17.9. The standard InChI is InChI=1S/C20H16BrN3O2/c1-12-7-13(2)9-16(8-12)26-17-10-18(24-20(25)19(17)21)23-15-5-3-14(11-22)4-6-15/h3-10,19H,1-2H3,(H,23,24,25). The summed E-state index contributed by atoms with van der Waals surface area (Å²) in [6.07, 6.45) is 1.69. The molecular formula is C20H16BrN3O2. The monoisotopic (exact) mass is 409 g/mol. The van der Waals surface area contributed by atoms with E-state index in [2.05, 4.69) is 38.4 Å². The van der Waals surface area contributed by atoms with Gasteiger partial charge in [-0.3, -0.25) is 4.79 Å². The minimum absolute atomic E-state index is 0.251. The fraction of sp³-hybridized carbons (Fsp3) is 0.150. The normalized spacial score (nSPS) is 18.1. The van der Waals surface area contributed by atoms with E-state index in [4.69, 9.17) is 10.00 Å². The Morgan fingerprint density at radius 2 is 1.81 bits per heavy atom. The van der Waals surface area contributed by atoms with Crippen LogP contribution in [0.4, 0.5) is 5.69 Å². The molecule has 0 aliphatic carbocycles. The lowest BCUT2D eigenvalue weighted by Gasteiger charge is -2.21. The molecule has 3 rings (SSSR count). The van der Waals surface area contributed by atoms with E-state index in [9.17, 15) is 4.79 Å². The number of amides is 1. The van der Waals surface area contributed by atoms with Gasteiger partial charge in [-0.1, -0.05) is 22.0 Å². The van der Waals surface area contributed by atoms with Crippen LogP contribution in [0.3, 0.4) is 0 Å². The van der Waals surface area contributed by atoms with Gasteiger partial charge in [0.2, 0.25) is 5.91 Å². The zero-order chi connectivity index (χ0) is 18.7. The fourth-order valence-corrected chi connectivity index (χ4v) is 2.92. The average Bonchev–Trinajstić information content (AvgIpc) is 2.59. The molecule has 5 nitrogen and oxygen atoms in total. The third-order valence-electron chi connectivity index (χ3n) is 3.69. The first-order valence-corrected chi connectivity index (χ1v) is 8.88. The van der Waals surface area contributed by atoms with Crippen molar-refractivity contribution >= 4 is 33.4 Å². The zero-order valence-corrected chi connectivity index (χ0v) is 15.9. The third kappa shape index (κ3) is 4.19. The van der Waals surface area contributed by atoms with E-state index < -0.39 is 4.83 Å². The second-order valence-corrected chi connectivity index (χ2v) is 6.90. The highest BCUT2D eigenvalue weighted by Crippen LogP contribution is 2.25. The Hall–Kier alpha value is -2.91. The molecule has 26 heavy (non-hydrogen) atoms. The number of nitrogens with zero attached hydrogens (tertiary/aromatic N) is 2. The van der Waals surface area contributed by atoms with Gasteiger partial charge >= 0.3 is 0 Å². The van der Waals surface area contributed by atoms with Gasteiger partial charge in [0.1, 0.15) is 17.3 Å². The average molecular weight is 410 g/mol. The number of rotatable bonds is 3. The molecule has 0 aromatic heterocycles. The Morgan fingerprint density at radius 3 is 2.42 bits per heavy atom. The molecule has 1 atom stereocenters. The van der Waals surface area contributed by atoms with Crippen LogP contribution < -0.4 is 10.1 Å². The van der Waals surface area contributed by atoms with Gasteiger partial charge < -0.3 is 10.1 Å². The maximum Gasteiger partial charge on any atom is 0.247 e. The molecule has 130 valence electrons. The number of benzene rings is 2. The molecule has 1 N–H and O–H groups in total. The van der Waals surface area contributed by atoms with Gasteiger partial charge in [0.25, 0.3) is 0 Å². The number of ether oxygens (including phenoxy) is 1.